The van der Waals surface area contributed by atoms with Gasteiger partial charge in [0, 0.05) is 5.92 Å². The Labute approximate surface area is 141 Å². The number of thiol groups is 1. The Bertz CT molecular complexity index is 609. The van der Waals surface area contributed by atoms with Crippen molar-refractivity contribution < 1.29 is 44.7 Å². The second-order valence-electron chi connectivity index (χ2n) is 6.75. The van der Waals surface area contributed by atoms with Crippen LogP contribution in [0.25, 0.3) is 0 Å². The second kappa shape index (κ2) is 6.81. The van der Waals surface area contributed by atoms with E-state index in [1.807, 2.05) is 0 Å². The standard InChI is InChI=1S/C14H17F5O5S/c15-13(16,17)10(14(18,19)25(22)23)24-11(21)12-3-1-2-8(5-12)4-9(6-12)7-20/h7-10,25H,1-6H2. The highest BCUT2D eigenvalue weighted by Gasteiger charge is 2.63. The largest absolute Gasteiger partial charge is 0.444 e. The molecule has 2 aliphatic carbocycles. The molecule has 0 aromatic rings. The molecule has 0 heterocycles. The van der Waals surface area contributed by atoms with Gasteiger partial charge in [-0.05, 0) is 31.6 Å². The third-order valence-corrected chi connectivity index (χ3v) is 5.66. The number of ether oxygens (including phenoxy) is 1. The number of carbonyl (C=O) groups is 2. The number of rotatable bonds is 5. The van der Waals surface area contributed by atoms with Gasteiger partial charge in [-0.2, -0.15) is 22.0 Å². The fraction of sp³-hybridized carbons (Fsp3) is 0.857. The number of hydrogen-bond donors (Lipinski definition) is 1. The normalized spacial score (nSPS) is 31.4. The van der Waals surface area contributed by atoms with Gasteiger partial charge in [-0.3, -0.25) is 4.79 Å². The summed E-state index contributed by atoms with van der Waals surface area (Å²) in [6.07, 6.45) is -7.36. The first-order chi connectivity index (χ1) is 11.4. The number of halogens is 5. The summed E-state index contributed by atoms with van der Waals surface area (Å²) in [7, 11) is -4.81. The molecular formula is C14H17F5O5S. The zero-order valence-electron chi connectivity index (χ0n) is 12.9. The highest BCUT2D eigenvalue weighted by Crippen LogP contribution is 2.52. The van der Waals surface area contributed by atoms with Crippen LogP contribution >= 0.6 is 0 Å². The van der Waals surface area contributed by atoms with Gasteiger partial charge in [-0.25, -0.2) is 8.42 Å². The molecule has 2 fully saturated rings. The van der Waals surface area contributed by atoms with Crippen LogP contribution in [-0.2, 0) is 25.0 Å². The quantitative estimate of drug-likeness (QED) is 0.337. The predicted molar refractivity (Wildman–Crippen MR) is 74.4 cm³/mol. The molecular weight excluding hydrogens is 375 g/mol. The maximum absolute atomic E-state index is 13.4. The summed E-state index contributed by atoms with van der Waals surface area (Å²) in [6, 6.07) is 0. The first-order valence-electron chi connectivity index (χ1n) is 7.68. The molecule has 0 radical (unpaired) electrons. The van der Waals surface area contributed by atoms with E-state index in [0.29, 0.717) is 25.5 Å². The molecule has 0 N–H and O–H groups in total. The van der Waals surface area contributed by atoms with Crippen molar-refractivity contribution in [1.29, 1.82) is 0 Å². The van der Waals surface area contributed by atoms with Crippen molar-refractivity contribution >= 4 is 23.0 Å². The molecule has 25 heavy (non-hydrogen) atoms. The van der Waals surface area contributed by atoms with Crippen LogP contribution in [-0.4, -0.2) is 38.2 Å². The van der Waals surface area contributed by atoms with Gasteiger partial charge in [0.25, 0.3) is 6.10 Å². The van der Waals surface area contributed by atoms with Gasteiger partial charge in [0.05, 0.1) is 5.41 Å². The predicted octanol–water partition coefficient (Wildman–Crippen LogP) is 2.45. The van der Waals surface area contributed by atoms with Crippen LogP contribution in [0.1, 0.15) is 38.5 Å². The second-order valence-corrected chi connectivity index (χ2v) is 7.86. The lowest BCUT2D eigenvalue weighted by Crippen LogP contribution is -2.52. The molecule has 2 bridgehead atoms. The minimum atomic E-state index is -5.75. The van der Waals surface area contributed by atoms with Crippen LogP contribution in [0, 0.1) is 17.3 Å². The Morgan fingerprint density at radius 2 is 1.84 bits per heavy atom. The molecule has 0 aromatic heterocycles. The lowest BCUT2D eigenvalue weighted by molar-refractivity contribution is -0.263. The van der Waals surface area contributed by atoms with Crippen LogP contribution in [0.3, 0.4) is 0 Å². The summed E-state index contributed by atoms with van der Waals surface area (Å²) in [5.41, 5.74) is -1.46. The molecule has 0 spiro atoms. The Morgan fingerprint density at radius 3 is 2.36 bits per heavy atom. The summed E-state index contributed by atoms with van der Waals surface area (Å²) >= 11 is 0. The molecule has 4 atom stereocenters. The Balaban J connectivity index is 2.29. The summed E-state index contributed by atoms with van der Waals surface area (Å²) in [4.78, 5) is 23.4. The fourth-order valence-electron chi connectivity index (χ4n) is 3.92. The van der Waals surface area contributed by atoms with E-state index >= 15 is 0 Å². The smallest absolute Gasteiger partial charge is 0.432 e. The Morgan fingerprint density at radius 1 is 1.20 bits per heavy atom. The van der Waals surface area contributed by atoms with Crippen molar-refractivity contribution in [1.82, 2.24) is 0 Å². The van der Waals surface area contributed by atoms with Gasteiger partial charge in [0.1, 0.15) is 6.29 Å². The van der Waals surface area contributed by atoms with Crippen molar-refractivity contribution in [2.75, 3.05) is 0 Å². The summed E-state index contributed by atoms with van der Waals surface area (Å²) in [5, 5.41) is -5.27. The average Bonchev–Trinajstić information content (AvgIpc) is 2.50. The number of esters is 1. The topological polar surface area (TPSA) is 77.5 Å². The average molecular weight is 392 g/mol. The molecule has 0 amide bonds. The summed E-state index contributed by atoms with van der Waals surface area (Å²) in [5.74, 6) is -2.15. The van der Waals surface area contributed by atoms with E-state index in [1.54, 1.807) is 0 Å². The minimum Gasteiger partial charge on any atom is -0.444 e. The van der Waals surface area contributed by atoms with Crippen molar-refractivity contribution in [2.45, 2.75) is 56.1 Å². The number of aldehydes is 1. The van der Waals surface area contributed by atoms with Crippen molar-refractivity contribution in [3.05, 3.63) is 0 Å². The minimum absolute atomic E-state index is 0.0776. The molecule has 0 aromatic carbocycles. The van der Waals surface area contributed by atoms with Gasteiger partial charge in [0.2, 0.25) is 10.7 Å². The van der Waals surface area contributed by atoms with Gasteiger partial charge in [-0.1, -0.05) is 12.8 Å². The molecule has 144 valence electrons. The first-order valence-corrected chi connectivity index (χ1v) is 8.85. The molecule has 0 saturated heterocycles. The van der Waals surface area contributed by atoms with Crippen molar-refractivity contribution in [2.24, 2.45) is 17.3 Å². The molecule has 2 saturated carbocycles. The molecule has 2 aliphatic rings. The summed E-state index contributed by atoms with van der Waals surface area (Å²) in [6.45, 7) is 0. The Hall–Kier alpha value is -1.26. The van der Waals surface area contributed by atoms with E-state index in [0.717, 1.165) is 0 Å². The number of fused-ring (bicyclic) bond motifs is 2. The third kappa shape index (κ3) is 3.95. The first kappa shape index (κ1) is 20.1. The molecule has 0 aliphatic heterocycles. The lowest BCUT2D eigenvalue weighted by Gasteiger charge is -2.45. The van der Waals surface area contributed by atoms with Gasteiger partial charge in [-0.15, -0.1) is 0 Å². The molecule has 5 nitrogen and oxygen atoms in total. The van der Waals surface area contributed by atoms with Crippen LogP contribution in [0.5, 0.6) is 0 Å². The monoisotopic (exact) mass is 392 g/mol. The van der Waals surface area contributed by atoms with E-state index < -0.39 is 45.5 Å². The fourth-order valence-corrected chi connectivity index (χ4v) is 4.31. The van der Waals surface area contributed by atoms with Crippen LogP contribution in [0.15, 0.2) is 0 Å². The van der Waals surface area contributed by atoms with E-state index in [1.165, 1.54) is 0 Å². The van der Waals surface area contributed by atoms with Crippen molar-refractivity contribution in [3.8, 4) is 0 Å². The van der Waals surface area contributed by atoms with Gasteiger partial charge in [0.15, 0.2) is 0 Å². The number of carbonyl (C=O) groups excluding carboxylic acids is 2. The highest BCUT2D eigenvalue weighted by molar-refractivity contribution is 7.73. The highest BCUT2D eigenvalue weighted by atomic mass is 32.2. The molecule has 2 rings (SSSR count). The van der Waals surface area contributed by atoms with Gasteiger partial charge >= 0.3 is 17.4 Å². The molecule has 11 heteroatoms. The maximum Gasteiger partial charge on any atom is 0.432 e. The number of hydrogen-bond acceptors (Lipinski definition) is 5. The zero-order valence-corrected chi connectivity index (χ0v) is 13.8. The lowest BCUT2D eigenvalue weighted by atomic mass is 9.59. The Kier molecular flexibility index (Phi) is 5.46. The molecule has 4 unspecified atom stereocenters. The van der Waals surface area contributed by atoms with Crippen LogP contribution in [0.4, 0.5) is 22.0 Å². The maximum atomic E-state index is 13.4. The van der Waals surface area contributed by atoms with Crippen LogP contribution < -0.4 is 0 Å². The van der Waals surface area contributed by atoms with Gasteiger partial charge < -0.3 is 9.53 Å². The summed E-state index contributed by atoms with van der Waals surface area (Å²) < 4.78 is 90.6. The zero-order chi connectivity index (χ0) is 19.0. The SMILES string of the molecule is O=CC1CC2CCCC(C(=O)OC(C(F)(F)F)C(F)(F)[SH](=O)=O)(C1)C2. The van der Waals surface area contributed by atoms with E-state index in [2.05, 4.69) is 4.74 Å². The van der Waals surface area contributed by atoms with Crippen molar-refractivity contribution in [3.63, 3.8) is 0 Å². The van der Waals surface area contributed by atoms with E-state index in [9.17, 15) is 40.0 Å². The van der Waals surface area contributed by atoms with E-state index in [4.69, 9.17) is 0 Å². The van der Waals surface area contributed by atoms with Crippen LogP contribution in [0.2, 0.25) is 0 Å². The third-order valence-electron chi connectivity index (χ3n) is 4.94. The van der Waals surface area contributed by atoms with E-state index in [-0.39, 0.29) is 25.2 Å². The number of alkyl halides is 5.